The van der Waals surface area contributed by atoms with Gasteiger partial charge in [-0.3, -0.25) is 9.59 Å². The van der Waals surface area contributed by atoms with Crippen molar-refractivity contribution < 1.29 is 27.5 Å². The maximum absolute atomic E-state index is 13.8. The Hall–Kier alpha value is -3.43. The second kappa shape index (κ2) is 11.5. The predicted octanol–water partition coefficient (Wildman–Crippen LogP) is 4.97. The molecule has 2 aromatic carbocycles. The van der Waals surface area contributed by atoms with Gasteiger partial charge >= 0.3 is 5.97 Å². The summed E-state index contributed by atoms with van der Waals surface area (Å²) in [6.07, 6.45) is 4.73. The van der Waals surface area contributed by atoms with E-state index in [9.17, 15) is 18.0 Å². The van der Waals surface area contributed by atoms with Crippen LogP contribution in [0.1, 0.15) is 35.8 Å². The molecule has 0 radical (unpaired) electrons. The monoisotopic (exact) mass is 553 g/mol. The molecule has 1 aromatic heterocycles. The molecule has 1 N–H and O–H groups in total. The van der Waals surface area contributed by atoms with E-state index in [2.05, 4.69) is 5.32 Å². The van der Waals surface area contributed by atoms with Crippen molar-refractivity contribution in [3.63, 3.8) is 0 Å². The number of benzene rings is 2. The maximum atomic E-state index is 13.8. The zero-order valence-electron chi connectivity index (χ0n) is 21.6. The van der Waals surface area contributed by atoms with Gasteiger partial charge in [-0.25, -0.2) is 8.42 Å². The van der Waals surface area contributed by atoms with Crippen LogP contribution >= 0.6 is 11.3 Å². The highest BCUT2D eigenvalue weighted by molar-refractivity contribution is 7.92. The standard InChI is InChI=1S/C29H31NO6S2/c1-20(31)36-29(24(5-4-18-38(29,33)34)19-22-8-13-25(35-3)14-9-22)27-16-15-26(37-27)23-11-6-21(7-12-23)10-17-28(32)30-2/h6-17,24H,4-5,18-19H2,1-3H3,(H,30,32)/b17-10+/t24?,29-/m0/s1. The number of esters is 1. The van der Waals surface area contributed by atoms with E-state index < -0.39 is 26.7 Å². The van der Waals surface area contributed by atoms with Crippen molar-refractivity contribution in [2.75, 3.05) is 19.9 Å². The van der Waals surface area contributed by atoms with Crippen molar-refractivity contribution in [1.29, 1.82) is 0 Å². The van der Waals surface area contributed by atoms with Crippen LogP contribution in [0.3, 0.4) is 0 Å². The predicted molar refractivity (Wildman–Crippen MR) is 150 cm³/mol. The number of thiophene rings is 1. The molecule has 2 atom stereocenters. The van der Waals surface area contributed by atoms with Crippen molar-refractivity contribution in [2.45, 2.75) is 31.1 Å². The fraction of sp³-hybridized carbons (Fsp3) is 0.310. The van der Waals surface area contributed by atoms with E-state index >= 15 is 0 Å². The van der Waals surface area contributed by atoms with Crippen LogP contribution in [0.4, 0.5) is 0 Å². The molecule has 0 spiro atoms. The van der Waals surface area contributed by atoms with E-state index in [1.807, 2.05) is 54.6 Å². The molecule has 38 heavy (non-hydrogen) atoms. The minimum Gasteiger partial charge on any atom is -0.497 e. The molecule has 1 fully saturated rings. The second-order valence-electron chi connectivity index (χ2n) is 9.20. The van der Waals surface area contributed by atoms with Crippen molar-refractivity contribution in [3.8, 4) is 16.2 Å². The number of ether oxygens (including phenoxy) is 2. The molecule has 0 bridgehead atoms. The molecular formula is C29H31NO6S2. The SMILES string of the molecule is CNC(=O)/C=C/c1ccc(-c2ccc([C@]3(OC(C)=O)C(Cc4ccc(OC)cc4)CCCS3(=O)=O)s2)cc1. The Kier molecular flexibility index (Phi) is 8.38. The summed E-state index contributed by atoms with van der Waals surface area (Å²) in [6.45, 7) is 1.26. The quantitative estimate of drug-likeness (QED) is 0.313. The number of amides is 1. The average molecular weight is 554 g/mol. The Morgan fingerprint density at radius 2 is 1.79 bits per heavy atom. The highest BCUT2D eigenvalue weighted by Crippen LogP contribution is 2.50. The molecule has 1 amide bonds. The van der Waals surface area contributed by atoms with Crippen LogP contribution in [0, 0.1) is 5.92 Å². The number of carbonyl (C=O) groups excluding carboxylic acids is 2. The Labute approximate surface area is 227 Å². The smallest absolute Gasteiger partial charge is 0.304 e. The molecular weight excluding hydrogens is 522 g/mol. The molecule has 1 aliphatic heterocycles. The van der Waals surface area contributed by atoms with Gasteiger partial charge in [0.05, 0.1) is 17.7 Å². The number of nitrogens with one attached hydrogen (secondary N) is 1. The van der Waals surface area contributed by atoms with Gasteiger partial charge in [-0.15, -0.1) is 11.3 Å². The van der Waals surface area contributed by atoms with E-state index in [0.717, 1.165) is 21.6 Å². The minimum absolute atomic E-state index is 0.0427. The average Bonchev–Trinajstić information content (AvgIpc) is 3.40. The molecule has 3 aromatic rings. The lowest BCUT2D eigenvalue weighted by Crippen LogP contribution is -2.50. The van der Waals surface area contributed by atoms with Gasteiger partial charge in [0, 0.05) is 30.8 Å². The number of sulfone groups is 1. The number of carbonyl (C=O) groups is 2. The number of hydrogen-bond donors (Lipinski definition) is 1. The van der Waals surface area contributed by atoms with Crippen molar-refractivity contribution in [3.05, 3.63) is 82.7 Å². The number of likely N-dealkylation sites (N-methyl/N-ethyl adjacent to an activating group) is 1. The fourth-order valence-corrected chi connectivity index (χ4v) is 8.65. The third-order valence-electron chi connectivity index (χ3n) is 6.72. The summed E-state index contributed by atoms with van der Waals surface area (Å²) in [7, 11) is -0.648. The van der Waals surface area contributed by atoms with Gasteiger partial charge in [0.25, 0.3) is 0 Å². The third kappa shape index (κ3) is 5.68. The molecule has 0 aliphatic carbocycles. The largest absolute Gasteiger partial charge is 0.497 e. The summed E-state index contributed by atoms with van der Waals surface area (Å²) in [5, 5.41) is 2.54. The zero-order valence-corrected chi connectivity index (χ0v) is 23.2. The van der Waals surface area contributed by atoms with Crippen molar-refractivity contribution >= 4 is 39.1 Å². The number of rotatable bonds is 8. The second-order valence-corrected chi connectivity index (χ2v) is 12.5. The highest BCUT2D eigenvalue weighted by Gasteiger charge is 2.57. The lowest BCUT2D eigenvalue weighted by molar-refractivity contribution is -0.154. The third-order valence-corrected chi connectivity index (χ3v) is 10.5. The van der Waals surface area contributed by atoms with E-state index in [4.69, 9.17) is 9.47 Å². The summed E-state index contributed by atoms with van der Waals surface area (Å²) in [6, 6.07) is 18.8. The van der Waals surface area contributed by atoms with Gasteiger partial charge < -0.3 is 14.8 Å². The first kappa shape index (κ1) is 27.6. The zero-order chi connectivity index (χ0) is 27.3. The Morgan fingerprint density at radius 1 is 1.08 bits per heavy atom. The first-order valence-corrected chi connectivity index (χ1v) is 14.8. The molecule has 2 heterocycles. The first-order chi connectivity index (χ1) is 18.2. The topological polar surface area (TPSA) is 98.8 Å². The van der Waals surface area contributed by atoms with Crippen LogP contribution in [0.25, 0.3) is 16.5 Å². The number of hydrogen-bond acceptors (Lipinski definition) is 7. The normalized spacial score (nSPS) is 20.7. The Balaban J connectivity index is 1.72. The molecule has 1 unspecified atom stereocenters. The van der Waals surface area contributed by atoms with Crippen LogP contribution in [0.15, 0.2) is 66.7 Å². The number of methoxy groups -OCH3 is 1. The summed E-state index contributed by atoms with van der Waals surface area (Å²) in [5.41, 5.74) is 2.71. The molecule has 1 aliphatic rings. The Bertz CT molecular complexity index is 1420. The van der Waals surface area contributed by atoms with E-state index in [0.29, 0.717) is 29.9 Å². The van der Waals surface area contributed by atoms with E-state index in [1.165, 1.54) is 24.3 Å². The van der Waals surface area contributed by atoms with Crippen molar-refractivity contribution in [1.82, 2.24) is 5.32 Å². The van der Waals surface area contributed by atoms with Gasteiger partial charge in [0.15, 0.2) is 9.84 Å². The van der Waals surface area contributed by atoms with Gasteiger partial charge in [-0.1, -0.05) is 36.4 Å². The summed E-state index contributed by atoms with van der Waals surface area (Å²) >= 11 is 1.33. The van der Waals surface area contributed by atoms with E-state index in [-0.39, 0.29) is 11.7 Å². The van der Waals surface area contributed by atoms with Gasteiger partial charge in [-0.05, 0) is 66.3 Å². The lowest BCUT2D eigenvalue weighted by Gasteiger charge is -2.41. The van der Waals surface area contributed by atoms with Gasteiger partial charge in [0.1, 0.15) is 5.75 Å². The first-order valence-electron chi connectivity index (χ1n) is 12.3. The highest BCUT2D eigenvalue weighted by atomic mass is 32.2. The van der Waals surface area contributed by atoms with Gasteiger partial charge in [-0.2, -0.15) is 0 Å². The summed E-state index contributed by atoms with van der Waals surface area (Å²) in [4.78, 5) is 23.5. The molecule has 0 saturated carbocycles. The molecule has 7 nitrogen and oxygen atoms in total. The van der Waals surface area contributed by atoms with Gasteiger partial charge in [0.2, 0.25) is 10.8 Å². The Morgan fingerprint density at radius 3 is 2.42 bits per heavy atom. The van der Waals surface area contributed by atoms with Crippen LogP contribution in [-0.2, 0) is 35.5 Å². The van der Waals surface area contributed by atoms with E-state index in [1.54, 1.807) is 26.3 Å². The molecule has 1 saturated heterocycles. The maximum Gasteiger partial charge on any atom is 0.304 e. The fourth-order valence-electron chi connectivity index (χ4n) is 4.86. The molecule has 9 heteroatoms. The lowest BCUT2D eigenvalue weighted by atomic mass is 9.88. The summed E-state index contributed by atoms with van der Waals surface area (Å²) in [5.74, 6) is -0.585. The van der Waals surface area contributed by atoms with Crippen molar-refractivity contribution in [2.24, 2.45) is 5.92 Å². The van der Waals surface area contributed by atoms with Crippen LogP contribution in [0.2, 0.25) is 0 Å². The van der Waals surface area contributed by atoms with Crippen LogP contribution < -0.4 is 10.1 Å². The van der Waals surface area contributed by atoms with Crippen LogP contribution in [-0.4, -0.2) is 40.2 Å². The van der Waals surface area contributed by atoms with Crippen LogP contribution in [0.5, 0.6) is 5.75 Å². The molecule has 4 rings (SSSR count). The summed E-state index contributed by atoms with van der Waals surface area (Å²) < 4.78 is 38.6. The minimum atomic E-state index is -3.81. The molecule has 200 valence electrons.